The van der Waals surface area contributed by atoms with E-state index in [9.17, 15) is 13.6 Å². The van der Waals surface area contributed by atoms with E-state index in [1.54, 1.807) is 0 Å². The van der Waals surface area contributed by atoms with Gasteiger partial charge >= 0.3 is 0 Å². The Morgan fingerprint density at radius 3 is 2.59 bits per heavy atom. The van der Waals surface area contributed by atoms with Gasteiger partial charge in [-0.2, -0.15) is 0 Å². The Hall–Kier alpha value is -2.51. The molecule has 29 heavy (non-hydrogen) atoms. The number of halogens is 2. The summed E-state index contributed by atoms with van der Waals surface area (Å²) in [4.78, 5) is 17.0. The largest absolute Gasteiger partial charge is 0.379 e. The van der Waals surface area contributed by atoms with Gasteiger partial charge in [0.2, 0.25) is 0 Å². The van der Waals surface area contributed by atoms with Crippen molar-refractivity contribution < 1.29 is 18.3 Å². The molecule has 4 rings (SSSR count). The first-order valence-corrected chi connectivity index (χ1v) is 9.92. The zero-order valence-electron chi connectivity index (χ0n) is 16.5. The van der Waals surface area contributed by atoms with Crippen molar-refractivity contribution in [3.05, 3.63) is 64.7 Å². The van der Waals surface area contributed by atoms with Gasteiger partial charge in [0, 0.05) is 38.9 Å². The van der Waals surface area contributed by atoms with E-state index in [2.05, 4.69) is 40.4 Å². The van der Waals surface area contributed by atoms with Crippen molar-refractivity contribution in [1.82, 2.24) is 10.2 Å². The summed E-state index contributed by atoms with van der Waals surface area (Å²) in [5, 5.41) is 2.74. The molecule has 0 aliphatic carbocycles. The van der Waals surface area contributed by atoms with E-state index in [0.717, 1.165) is 43.8 Å². The Morgan fingerprint density at radius 1 is 1.14 bits per heavy atom. The molecule has 2 aromatic carbocycles. The normalized spacial score (nSPS) is 17.8. The summed E-state index contributed by atoms with van der Waals surface area (Å²) >= 11 is 0. The SMILES string of the molecule is CN1CCc2cc([C@@H](CNC(=O)c3c(F)cccc3F)N3CCOCC3)ccc21. The highest BCUT2D eigenvalue weighted by molar-refractivity contribution is 5.94. The number of carbonyl (C=O) groups excluding carboxylic acids is 1. The third kappa shape index (κ3) is 4.11. The molecule has 2 aromatic rings. The predicted octanol–water partition coefficient (Wildman–Crippen LogP) is 2.76. The molecule has 2 aliphatic heterocycles. The monoisotopic (exact) mass is 401 g/mol. The third-order valence-electron chi connectivity index (χ3n) is 5.75. The van der Waals surface area contributed by atoms with Crippen LogP contribution in [0.25, 0.3) is 0 Å². The second-order valence-corrected chi connectivity index (χ2v) is 7.53. The van der Waals surface area contributed by atoms with Crippen LogP contribution >= 0.6 is 0 Å². The summed E-state index contributed by atoms with van der Waals surface area (Å²) in [5.74, 6) is -2.45. The first-order valence-electron chi connectivity index (χ1n) is 9.92. The molecule has 0 spiro atoms. The first kappa shape index (κ1) is 19.8. The molecule has 0 radical (unpaired) electrons. The molecule has 1 atom stereocenters. The van der Waals surface area contributed by atoms with Crippen LogP contribution in [0.15, 0.2) is 36.4 Å². The minimum atomic E-state index is -0.856. The fourth-order valence-corrected chi connectivity index (χ4v) is 4.13. The third-order valence-corrected chi connectivity index (χ3v) is 5.75. The van der Waals surface area contributed by atoms with E-state index >= 15 is 0 Å². The zero-order chi connectivity index (χ0) is 20.4. The fraction of sp³-hybridized carbons (Fsp3) is 0.409. The molecule has 1 saturated heterocycles. The van der Waals surface area contributed by atoms with E-state index in [1.807, 2.05) is 0 Å². The van der Waals surface area contributed by atoms with E-state index in [-0.39, 0.29) is 12.6 Å². The average Bonchev–Trinajstić information content (AvgIpc) is 3.09. The molecule has 5 nitrogen and oxygen atoms in total. The Kier molecular flexibility index (Phi) is 5.78. The summed E-state index contributed by atoms with van der Waals surface area (Å²) in [6.45, 7) is 3.99. The van der Waals surface area contributed by atoms with Crippen molar-refractivity contribution in [1.29, 1.82) is 0 Å². The summed E-state index contributed by atoms with van der Waals surface area (Å²) < 4.78 is 33.4. The number of anilines is 1. The van der Waals surface area contributed by atoms with Crippen molar-refractivity contribution in [2.24, 2.45) is 0 Å². The average molecular weight is 401 g/mol. The maximum atomic E-state index is 14.0. The van der Waals surface area contributed by atoms with Gasteiger partial charge in [-0.1, -0.05) is 18.2 Å². The number of benzene rings is 2. The maximum Gasteiger partial charge on any atom is 0.257 e. The Labute approximate surface area is 169 Å². The highest BCUT2D eigenvalue weighted by atomic mass is 19.1. The lowest BCUT2D eigenvalue weighted by atomic mass is 10.00. The number of fused-ring (bicyclic) bond motifs is 1. The number of ether oxygens (including phenoxy) is 1. The molecular weight excluding hydrogens is 376 g/mol. The van der Waals surface area contributed by atoms with Crippen LogP contribution in [0, 0.1) is 11.6 Å². The molecular formula is C22H25F2N3O2. The van der Waals surface area contributed by atoms with Crippen LogP contribution in [0.4, 0.5) is 14.5 Å². The number of hydrogen-bond acceptors (Lipinski definition) is 4. The van der Waals surface area contributed by atoms with E-state index in [0.29, 0.717) is 13.2 Å². The molecule has 0 saturated carbocycles. The van der Waals surface area contributed by atoms with Gasteiger partial charge in [-0.05, 0) is 35.7 Å². The van der Waals surface area contributed by atoms with Gasteiger partial charge in [-0.15, -0.1) is 0 Å². The molecule has 1 N–H and O–H groups in total. The van der Waals surface area contributed by atoms with E-state index in [4.69, 9.17) is 4.74 Å². The van der Waals surface area contributed by atoms with Crippen molar-refractivity contribution >= 4 is 11.6 Å². The Morgan fingerprint density at radius 2 is 1.86 bits per heavy atom. The van der Waals surface area contributed by atoms with Crippen LogP contribution in [0.3, 0.4) is 0 Å². The van der Waals surface area contributed by atoms with Crippen molar-refractivity contribution in [2.45, 2.75) is 12.5 Å². The van der Waals surface area contributed by atoms with Crippen LogP contribution in [0.5, 0.6) is 0 Å². The summed E-state index contributed by atoms with van der Waals surface area (Å²) in [7, 11) is 2.08. The van der Waals surface area contributed by atoms with Crippen LogP contribution in [-0.4, -0.2) is 57.2 Å². The number of rotatable bonds is 5. The van der Waals surface area contributed by atoms with Gasteiger partial charge in [0.25, 0.3) is 5.91 Å². The van der Waals surface area contributed by atoms with Gasteiger partial charge in [0.05, 0.1) is 19.3 Å². The minimum absolute atomic E-state index is 0.0890. The quantitative estimate of drug-likeness (QED) is 0.837. The second kappa shape index (κ2) is 8.47. The topological polar surface area (TPSA) is 44.8 Å². The summed E-state index contributed by atoms with van der Waals surface area (Å²) in [6.07, 6.45) is 0.988. The number of hydrogen-bond donors (Lipinski definition) is 1. The number of likely N-dealkylation sites (N-methyl/N-ethyl adjacent to an activating group) is 1. The summed E-state index contributed by atoms with van der Waals surface area (Å²) in [6, 6.07) is 9.73. The standard InChI is InChI=1S/C22H25F2N3O2/c1-26-8-7-16-13-15(5-6-19(16)26)20(27-9-11-29-12-10-27)14-25-22(28)21-17(23)3-2-4-18(21)24/h2-6,13,20H,7-12,14H2,1H3,(H,25,28)/t20-/m1/s1. The highest BCUT2D eigenvalue weighted by Crippen LogP contribution is 2.31. The number of morpholine rings is 1. The van der Waals surface area contributed by atoms with E-state index in [1.165, 1.54) is 17.3 Å². The van der Waals surface area contributed by atoms with Crippen LogP contribution in [0.1, 0.15) is 27.5 Å². The smallest absolute Gasteiger partial charge is 0.257 e. The molecule has 2 aliphatic rings. The number of nitrogens with zero attached hydrogens (tertiary/aromatic N) is 2. The molecule has 0 aromatic heterocycles. The number of nitrogens with one attached hydrogen (secondary N) is 1. The van der Waals surface area contributed by atoms with Gasteiger partial charge in [-0.25, -0.2) is 8.78 Å². The van der Waals surface area contributed by atoms with Crippen LogP contribution in [-0.2, 0) is 11.2 Å². The Bertz CT molecular complexity index is 879. The lowest BCUT2D eigenvalue weighted by molar-refractivity contribution is 0.0162. The molecule has 7 heteroatoms. The van der Waals surface area contributed by atoms with E-state index < -0.39 is 23.1 Å². The number of amides is 1. The molecule has 0 unspecified atom stereocenters. The minimum Gasteiger partial charge on any atom is -0.379 e. The molecule has 1 amide bonds. The predicted molar refractivity (Wildman–Crippen MR) is 107 cm³/mol. The zero-order valence-corrected chi connectivity index (χ0v) is 16.5. The number of carbonyl (C=O) groups is 1. The lowest BCUT2D eigenvalue weighted by Crippen LogP contribution is -2.44. The van der Waals surface area contributed by atoms with Crippen LogP contribution in [0.2, 0.25) is 0 Å². The Balaban J connectivity index is 1.56. The highest BCUT2D eigenvalue weighted by Gasteiger charge is 2.26. The summed E-state index contributed by atoms with van der Waals surface area (Å²) in [5.41, 5.74) is 3.07. The fourth-order valence-electron chi connectivity index (χ4n) is 4.13. The second-order valence-electron chi connectivity index (χ2n) is 7.53. The lowest BCUT2D eigenvalue weighted by Gasteiger charge is -2.35. The van der Waals surface area contributed by atoms with Gasteiger partial charge in [0.15, 0.2) is 0 Å². The molecule has 0 bridgehead atoms. The van der Waals surface area contributed by atoms with Gasteiger partial charge in [-0.3, -0.25) is 9.69 Å². The molecule has 1 fully saturated rings. The van der Waals surface area contributed by atoms with Crippen molar-refractivity contribution in [2.75, 3.05) is 51.3 Å². The van der Waals surface area contributed by atoms with Gasteiger partial charge < -0.3 is 15.0 Å². The van der Waals surface area contributed by atoms with Gasteiger partial charge in [0.1, 0.15) is 17.2 Å². The first-order chi connectivity index (χ1) is 14.0. The molecule has 154 valence electrons. The van der Waals surface area contributed by atoms with Crippen LogP contribution < -0.4 is 10.2 Å². The maximum absolute atomic E-state index is 14.0. The van der Waals surface area contributed by atoms with Crippen molar-refractivity contribution in [3.8, 4) is 0 Å². The molecule has 2 heterocycles. The van der Waals surface area contributed by atoms with Crippen molar-refractivity contribution in [3.63, 3.8) is 0 Å².